The summed E-state index contributed by atoms with van der Waals surface area (Å²) >= 11 is 0. The molecule has 1 aromatic carbocycles. The first-order valence-corrected chi connectivity index (χ1v) is 6.10. The van der Waals surface area contributed by atoms with Gasteiger partial charge in [-0.3, -0.25) is 0 Å². The Bertz CT molecular complexity index is 352. The number of ether oxygens (including phenoxy) is 1. The largest absolute Gasteiger partial charge is 0.497 e. The van der Waals surface area contributed by atoms with Crippen LogP contribution in [0.2, 0.25) is 0 Å². The lowest BCUT2D eigenvalue weighted by Gasteiger charge is -2.26. The molecule has 0 amide bonds. The summed E-state index contributed by atoms with van der Waals surface area (Å²) in [6.45, 7) is 6.99. The zero-order chi connectivity index (χ0) is 11.8. The van der Waals surface area contributed by atoms with Crippen molar-refractivity contribution in [3.05, 3.63) is 29.8 Å². The summed E-state index contributed by atoms with van der Waals surface area (Å²) in [6.07, 6.45) is 3.97. The van der Waals surface area contributed by atoms with Crippen LogP contribution in [0.4, 0.5) is 0 Å². The average Bonchev–Trinajstić information content (AvgIpc) is 2.96. The van der Waals surface area contributed by atoms with Gasteiger partial charge in [-0.1, -0.05) is 32.9 Å². The van der Waals surface area contributed by atoms with Crippen LogP contribution in [0.5, 0.6) is 5.75 Å². The molecule has 0 aromatic heterocycles. The highest BCUT2D eigenvalue weighted by Crippen LogP contribution is 2.54. The first-order valence-electron chi connectivity index (χ1n) is 6.10. The number of benzene rings is 1. The molecule has 0 radical (unpaired) electrons. The van der Waals surface area contributed by atoms with Crippen LogP contribution in [0.15, 0.2) is 24.3 Å². The van der Waals surface area contributed by atoms with E-state index in [1.54, 1.807) is 7.11 Å². The van der Waals surface area contributed by atoms with Gasteiger partial charge in [0.05, 0.1) is 7.11 Å². The molecule has 1 aliphatic rings. The Morgan fingerprint density at radius 1 is 1.12 bits per heavy atom. The van der Waals surface area contributed by atoms with Gasteiger partial charge in [0.15, 0.2) is 0 Å². The molecular formula is C15H22O. The normalized spacial score (nSPS) is 18.2. The minimum absolute atomic E-state index is 0.413. The standard InChI is InChI=1S/C15H22O/c1-14(2,3)11-15(9-10-15)12-5-7-13(16-4)8-6-12/h5-8H,9-11H2,1-4H3. The molecule has 1 heteroatoms. The Hall–Kier alpha value is -0.980. The molecule has 2 rings (SSSR count). The van der Waals surface area contributed by atoms with Crippen molar-refractivity contribution < 1.29 is 4.74 Å². The average molecular weight is 218 g/mol. The summed E-state index contributed by atoms with van der Waals surface area (Å²) in [6, 6.07) is 8.63. The van der Waals surface area contributed by atoms with Crippen molar-refractivity contribution in [3.63, 3.8) is 0 Å². The van der Waals surface area contributed by atoms with E-state index < -0.39 is 0 Å². The smallest absolute Gasteiger partial charge is 0.118 e. The molecule has 1 aromatic rings. The molecule has 1 fully saturated rings. The minimum atomic E-state index is 0.413. The van der Waals surface area contributed by atoms with Crippen LogP contribution in [-0.2, 0) is 5.41 Å². The van der Waals surface area contributed by atoms with E-state index in [1.807, 2.05) is 0 Å². The number of rotatable bonds is 3. The third kappa shape index (κ3) is 2.40. The van der Waals surface area contributed by atoms with Crippen molar-refractivity contribution in [2.24, 2.45) is 5.41 Å². The second-order valence-electron chi connectivity index (χ2n) is 6.25. The van der Waals surface area contributed by atoms with Crippen molar-refractivity contribution in [2.75, 3.05) is 7.11 Å². The summed E-state index contributed by atoms with van der Waals surface area (Å²) in [4.78, 5) is 0. The van der Waals surface area contributed by atoms with Crippen LogP contribution >= 0.6 is 0 Å². The first kappa shape index (κ1) is 11.5. The molecule has 1 aliphatic carbocycles. The van der Waals surface area contributed by atoms with Crippen molar-refractivity contribution in [1.29, 1.82) is 0 Å². The molecule has 0 spiro atoms. The Morgan fingerprint density at radius 3 is 2.06 bits per heavy atom. The lowest BCUT2D eigenvalue weighted by atomic mass is 9.79. The maximum absolute atomic E-state index is 5.20. The zero-order valence-corrected chi connectivity index (χ0v) is 10.8. The van der Waals surface area contributed by atoms with Crippen LogP contribution < -0.4 is 4.74 Å². The van der Waals surface area contributed by atoms with Gasteiger partial charge in [0.25, 0.3) is 0 Å². The van der Waals surface area contributed by atoms with Crippen LogP contribution in [0, 0.1) is 5.41 Å². The van der Waals surface area contributed by atoms with Crippen LogP contribution in [0.25, 0.3) is 0 Å². The second-order valence-corrected chi connectivity index (χ2v) is 6.25. The van der Waals surface area contributed by atoms with E-state index >= 15 is 0 Å². The van der Waals surface area contributed by atoms with E-state index in [4.69, 9.17) is 4.74 Å². The molecule has 0 bridgehead atoms. The fourth-order valence-corrected chi connectivity index (χ4v) is 2.68. The quantitative estimate of drug-likeness (QED) is 0.740. The fraction of sp³-hybridized carbons (Fsp3) is 0.600. The Morgan fingerprint density at radius 2 is 1.69 bits per heavy atom. The zero-order valence-electron chi connectivity index (χ0n) is 10.8. The molecule has 88 valence electrons. The van der Waals surface area contributed by atoms with Crippen molar-refractivity contribution >= 4 is 0 Å². The summed E-state index contributed by atoms with van der Waals surface area (Å²) in [5.41, 5.74) is 2.37. The van der Waals surface area contributed by atoms with Gasteiger partial charge < -0.3 is 4.74 Å². The lowest BCUT2D eigenvalue weighted by Crippen LogP contribution is -2.17. The molecule has 0 saturated heterocycles. The monoisotopic (exact) mass is 218 g/mol. The SMILES string of the molecule is COc1ccc(C2(CC(C)(C)C)CC2)cc1. The minimum Gasteiger partial charge on any atom is -0.497 e. The maximum Gasteiger partial charge on any atom is 0.118 e. The summed E-state index contributed by atoms with van der Waals surface area (Å²) in [5, 5.41) is 0. The first-order chi connectivity index (χ1) is 7.45. The molecule has 0 N–H and O–H groups in total. The third-order valence-corrected chi connectivity index (χ3v) is 3.42. The molecule has 0 aliphatic heterocycles. The molecule has 1 saturated carbocycles. The Kier molecular flexibility index (Phi) is 2.73. The number of methoxy groups -OCH3 is 1. The molecule has 16 heavy (non-hydrogen) atoms. The Labute approximate surface area is 98.8 Å². The van der Waals surface area contributed by atoms with Gasteiger partial charge >= 0.3 is 0 Å². The topological polar surface area (TPSA) is 9.23 Å². The van der Waals surface area contributed by atoms with Crippen molar-refractivity contribution in [2.45, 2.75) is 45.4 Å². The lowest BCUT2D eigenvalue weighted by molar-refractivity contribution is 0.328. The summed E-state index contributed by atoms with van der Waals surface area (Å²) < 4.78 is 5.20. The van der Waals surface area contributed by atoms with Gasteiger partial charge in [0.1, 0.15) is 5.75 Å². The van der Waals surface area contributed by atoms with E-state index in [0.29, 0.717) is 10.8 Å². The van der Waals surface area contributed by atoms with Gasteiger partial charge in [-0.15, -0.1) is 0 Å². The second kappa shape index (κ2) is 3.80. The molecule has 0 unspecified atom stereocenters. The van der Waals surface area contributed by atoms with Gasteiger partial charge in [0, 0.05) is 0 Å². The molecule has 0 atom stereocenters. The molecule has 1 nitrogen and oxygen atoms in total. The Balaban J connectivity index is 2.17. The predicted molar refractivity (Wildman–Crippen MR) is 68.0 cm³/mol. The highest BCUT2D eigenvalue weighted by Gasteiger charge is 2.46. The van der Waals surface area contributed by atoms with Gasteiger partial charge in [-0.05, 0) is 47.8 Å². The fourth-order valence-electron chi connectivity index (χ4n) is 2.68. The highest BCUT2D eigenvalue weighted by molar-refractivity contribution is 5.36. The van der Waals surface area contributed by atoms with Crippen LogP contribution in [0.1, 0.15) is 45.6 Å². The van der Waals surface area contributed by atoms with Crippen molar-refractivity contribution in [3.8, 4) is 5.75 Å². The third-order valence-electron chi connectivity index (χ3n) is 3.42. The number of hydrogen-bond donors (Lipinski definition) is 0. The predicted octanol–water partition coefficient (Wildman–Crippen LogP) is 4.16. The van der Waals surface area contributed by atoms with E-state index in [9.17, 15) is 0 Å². The van der Waals surface area contributed by atoms with Crippen LogP contribution in [0.3, 0.4) is 0 Å². The maximum atomic E-state index is 5.20. The number of hydrogen-bond acceptors (Lipinski definition) is 1. The molecule has 0 heterocycles. The van der Waals surface area contributed by atoms with Gasteiger partial charge in [0.2, 0.25) is 0 Å². The van der Waals surface area contributed by atoms with Gasteiger partial charge in [-0.25, -0.2) is 0 Å². The van der Waals surface area contributed by atoms with Gasteiger partial charge in [-0.2, -0.15) is 0 Å². The van der Waals surface area contributed by atoms with E-state index in [1.165, 1.54) is 24.8 Å². The summed E-state index contributed by atoms with van der Waals surface area (Å²) in [5.74, 6) is 0.954. The summed E-state index contributed by atoms with van der Waals surface area (Å²) in [7, 11) is 1.72. The van der Waals surface area contributed by atoms with E-state index in [-0.39, 0.29) is 0 Å². The van der Waals surface area contributed by atoms with E-state index in [2.05, 4.69) is 45.0 Å². The van der Waals surface area contributed by atoms with Crippen molar-refractivity contribution in [1.82, 2.24) is 0 Å². The molecular weight excluding hydrogens is 196 g/mol. The highest BCUT2D eigenvalue weighted by atomic mass is 16.5. The van der Waals surface area contributed by atoms with E-state index in [0.717, 1.165) is 5.75 Å². The van der Waals surface area contributed by atoms with Crippen LogP contribution in [-0.4, -0.2) is 7.11 Å².